The molecule has 0 radical (unpaired) electrons. The zero-order valence-corrected chi connectivity index (χ0v) is 30.3. The maximum absolute atomic E-state index is 5.13. The summed E-state index contributed by atoms with van der Waals surface area (Å²) in [5.74, 6) is 6.27. The molecule has 0 N–H and O–H groups in total. The van der Waals surface area contributed by atoms with Gasteiger partial charge in [-0.1, -0.05) is 158 Å². The smallest absolute Gasteiger partial charge is 0.164 e. The van der Waals surface area contributed by atoms with Gasteiger partial charge in [-0.2, -0.15) is 0 Å². The van der Waals surface area contributed by atoms with Gasteiger partial charge in [-0.25, -0.2) is 29.9 Å². The topological polar surface area (TPSA) is 77.3 Å². The number of nitrogens with zero attached hydrogens (tertiary/aromatic N) is 6. The molecule has 2 bridgehead atoms. The van der Waals surface area contributed by atoms with Crippen LogP contribution in [0.5, 0.6) is 0 Å². The summed E-state index contributed by atoms with van der Waals surface area (Å²) in [4.78, 5) is 29.9. The number of hydrogen-bond donors (Lipinski definition) is 0. The van der Waals surface area contributed by atoms with Crippen LogP contribution >= 0.6 is 0 Å². The third-order valence-corrected chi connectivity index (χ3v) is 11.3. The Morgan fingerprint density at radius 1 is 0.309 bits per heavy atom. The monoisotopic (exact) mass is 710 g/mol. The SMILES string of the molecule is c1ccc(-c2nc(-c3ccccc3)nc(-c3ccc(-c4cccc(-c5nc(-c6ccccc6)nc(-c6cccc(C7CC8CCC7C8)c6)n5)c4)cc3)n2)cc1. The Labute approximate surface area is 321 Å². The van der Waals surface area contributed by atoms with Crippen LogP contribution in [0.2, 0.25) is 0 Å². The molecule has 0 amide bonds. The van der Waals surface area contributed by atoms with Crippen molar-refractivity contribution in [1.82, 2.24) is 29.9 Å². The van der Waals surface area contributed by atoms with Crippen LogP contribution in [0.15, 0.2) is 164 Å². The predicted octanol–water partition coefficient (Wildman–Crippen LogP) is 11.6. The van der Waals surface area contributed by atoms with E-state index in [1.165, 1.54) is 31.2 Å². The van der Waals surface area contributed by atoms with Gasteiger partial charge in [0.1, 0.15) is 0 Å². The Bertz CT molecular complexity index is 2550. The lowest BCUT2D eigenvalue weighted by molar-refractivity contribution is 0.420. The van der Waals surface area contributed by atoms with Crippen LogP contribution in [0.3, 0.4) is 0 Å². The van der Waals surface area contributed by atoms with Crippen LogP contribution in [-0.2, 0) is 0 Å². The van der Waals surface area contributed by atoms with Gasteiger partial charge in [0.2, 0.25) is 0 Å². The van der Waals surface area contributed by atoms with Crippen molar-refractivity contribution in [3.63, 3.8) is 0 Å². The molecule has 2 saturated carbocycles. The number of hydrogen-bond acceptors (Lipinski definition) is 6. The van der Waals surface area contributed by atoms with Crippen LogP contribution in [0.25, 0.3) is 79.5 Å². The summed E-state index contributed by atoms with van der Waals surface area (Å²) in [7, 11) is 0. The van der Waals surface area contributed by atoms with Crippen molar-refractivity contribution in [2.75, 3.05) is 0 Å². The molecule has 2 aliphatic rings. The van der Waals surface area contributed by atoms with Crippen LogP contribution in [0.4, 0.5) is 0 Å². The highest BCUT2D eigenvalue weighted by atomic mass is 15.0. The Hall–Kier alpha value is -6.66. The highest BCUT2D eigenvalue weighted by molar-refractivity contribution is 5.75. The van der Waals surface area contributed by atoms with Crippen molar-refractivity contribution in [2.45, 2.75) is 31.6 Å². The molecular formula is C49H38N6. The van der Waals surface area contributed by atoms with Gasteiger partial charge in [-0.05, 0) is 65.8 Å². The molecule has 3 unspecified atom stereocenters. The van der Waals surface area contributed by atoms with Crippen molar-refractivity contribution < 1.29 is 0 Å². The molecule has 6 nitrogen and oxygen atoms in total. The quantitative estimate of drug-likeness (QED) is 0.156. The summed E-state index contributed by atoms with van der Waals surface area (Å²) in [6.45, 7) is 0. The van der Waals surface area contributed by atoms with Gasteiger partial charge in [0.25, 0.3) is 0 Å². The van der Waals surface area contributed by atoms with E-state index in [0.29, 0.717) is 40.9 Å². The molecule has 2 heterocycles. The van der Waals surface area contributed by atoms with Crippen molar-refractivity contribution in [3.8, 4) is 79.5 Å². The number of aromatic nitrogens is 6. The molecule has 3 atom stereocenters. The average Bonchev–Trinajstić information content (AvgIpc) is 3.92. The largest absolute Gasteiger partial charge is 0.208 e. The van der Waals surface area contributed by atoms with Crippen molar-refractivity contribution in [2.24, 2.45) is 11.8 Å². The first-order chi connectivity index (χ1) is 27.2. The molecule has 0 spiro atoms. The lowest BCUT2D eigenvalue weighted by atomic mass is 9.83. The van der Waals surface area contributed by atoms with E-state index in [0.717, 1.165) is 56.3 Å². The first kappa shape index (κ1) is 32.9. The molecule has 0 aliphatic heterocycles. The molecule has 10 rings (SSSR count). The van der Waals surface area contributed by atoms with Gasteiger partial charge in [-0.15, -0.1) is 0 Å². The summed E-state index contributed by atoms with van der Waals surface area (Å²) < 4.78 is 0. The van der Waals surface area contributed by atoms with Gasteiger partial charge >= 0.3 is 0 Å². The lowest BCUT2D eigenvalue weighted by Crippen LogP contribution is -2.08. The highest BCUT2D eigenvalue weighted by Crippen LogP contribution is 2.53. The lowest BCUT2D eigenvalue weighted by Gasteiger charge is -2.22. The van der Waals surface area contributed by atoms with Gasteiger partial charge in [-0.3, -0.25) is 0 Å². The second-order valence-electron chi connectivity index (χ2n) is 14.8. The van der Waals surface area contributed by atoms with Crippen molar-refractivity contribution >= 4 is 0 Å². The molecule has 2 fully saturated rings. The fraction of sp³-hybridized carbons (Fsp3) is 0.143. The molecule has 2 aromatic heterocycles. The first-order valence-electron chi connectivity index (χ1n) is 19.2. The second kappa shape index (κ2) is 14.3. The fourth-order valence-corrected chi connectivity index (χ4v) is 8.50. The van der Waals surface area contributed by atoms with Crippen LogP contribution in [0.1, 0.15) is 37.2 Å². The number of fused-ring (bicyclic) bond motifs is 2. The van der Waals surface area contributed by atoms with Gasteiger partial charge in [0, 0.05) is 33.4 Å². The summed E-state index contributed by atoms with van der Waals surface area (Å²) in [5, 5.41) is 0. The van der Waals surface area contributed by atoms with Crippen LogP contribution < -0.4 is 0 Å². The normalized spacial score (nSPS) is 17.3. The molecule has 2 aliphatic carbocycles. The first-order valence-corrected chi connectivity index (χ1v) is 19.2. The van der Waals surface area contributed by atoms with Crippen LogP contribution in [-0.4, -0.2) is 29.9 Å². The van der Waals surface area contributed by atoms with Gasteiger partial charge in [0.15, 0.2) is 34.9 Å². The third kappa shape index (κ3) is 6.72. The minimum Gasteiger partial charge on any atom is -0.208 e. The van der Waals surface area contributed by atoms with Crippen molar-refractivity contribution in [1.29, 1.82) is 0 Å². The number of benzene rings is 6. The maximum atomic E-state index is 5.13. The Morgan fingerprint density at radius 2 is 0.709 bits per heavy atom. The maximum Gasteiger partial charge on any atom is 0.164 e. The Balaban J connectivity index is 0.996. The van der Waals surface area contributed by atoms with Gasteiger partial charge < -0.3 is 0 Å². The standard InChI is InChI=1S/C49H38N6/c1-4-12-34(13-5-1)44-50-45(35-14-6-2-7-15-35)52-47(51-44)37-26-24-33(25-27-37)38-18-10-20-41(30-38)48-53-46(36-16-8-3-9-17-36)54-49(55-48)42-21-11-19-39(31-42)43-29-32-22-23-40(43)28-32/h1-21,24-27,30-32,40,43H,22-23,28-29H2. The third-order valence-electron chi connectivity index (χ3n) is 11.3. The molecule has 0 saturated heterocycles. The molecule has 264 valence electrons. The summed E-state index contributed by atoms with van der Waals surface area (Å²) in [6, 6.07) is 56.1. The minimum absolute atomic E-state index is 0.628. The highest BCUT2D eigenvalue weighted by Gasteiger charge is 2.40. The molecular weight excluding hydrogens is 673 g/mol. The van der Waals surface area contributed by atoms with Crippen LogP contribution in [0, 0.1) is 11.8 Å². The minimum atomic E-state index is 0.628. The predicted molar refractivity (Wildman–Crippen MR) is 219 cm³/mol. The van der Waals surface area contributed by atoms with Crippen molar-refractivity contribution in [3.05, 3.63) is 169 Å². The molecule has 6 heteroatoms. The van der Waals surface area contributed by atoms with E-state index in [-0.39, 0.29) is 0 Å². The van der Waals surface area contributed by atoms with E-state index in [2.05, 4.69) is 84.9 Å². The van der Waals surface area contributed by atoms with E-state index in [4.69, 9.17) is 29.9 Å². The average molecular weight is 711 g/mol. The Kier molecular flexibility index (Phi) is 8.56. The van der Waals surface area contributed by atoms with E-state index in [1.54, 1.807) is 0 Å². The second-order valence-corrected chi connectivity index (χ2v) is 14.8. The van der Waals surface area contributed by atoms with E-state index >= 15 is 0 Å². The summed E-state index contributed by atoms with van der Waals surface area (Å²) >= 11 is 0. The van der Waals surface area contributed by atoms with E-state index in [9.17, 15) is 0 Å². The van der Waals surface area contributed by atoms with E-state index < -0.39 is 0 Å². The zero-order chi connectivity index (χ0) is 36.6. The number of rotatable bonds is 8. The molecule has 55 heavy (non-hydrogen) atoms. The van der Waals surface area contributed by atoms with Gasteiger partial charge in [0.05, 0.1) is 0 Å². The molecule has 6 aromatic carbocycles. The summed E-state index contributed by atoms with van der Waals surface area (Å²) in [6.07, 6.45) is 5.43. The molecule has 8 aromatic rings. The summed E-state index contributed by atoms with van der Waals surface area (Å²) in [5.41, 5.74) is 9.30. The fourth-order valence-electron chi connectivity index (χ4n) is 8.50. The van der Waals surface area contributed by atoms with E-state index in [1.807, 2.05) is 78.9 Å². The Morgan fingerprint density at radius 3 is 1.18 bits per heavy atom. The zero-order valence-electron chi connectivity index (χ0n) is 30.3.